The normalized spacial score (nSPS) is 23.8. The topological polar surface area (TPSA) is 37.1 Å². The monoisotopic (exact) mass is 381 g/mol. The maximum Gasteiger partial charge on any atom is 0.444 e. The molecule has 0 fully saturated rings. The van der Waals surface area contributed by atoms with Crippen molar-refractivity contribution in [2.75, 3.05) is 0 Å². The smallest absolute Gasteiger partial charge is 0.207 e. The van der Waals surface area contributed by atoms with Gasteiger partial charge in [0.05, 0.1) is 11.1 Å². The second kappa shape index (κ2) is 5.67. The van der Waals surface area contributed by atoms with Gasteiger partial charge >= 0.3 is 12.1 Å². The summed E-state index contributed by atoms with van der Waals surface area (Å²) in [7, 11) is 0. The van der Waals surface area contributed by atoms with E-state index in [9.17, 15) is 26.3 Å². The largest absolute Gasteiger partial charge is 0.444 e. The SMILES string of the molecule is CC(C(F)(F)F)[N+]12C=C(c3c(F)cc(F)cc3F)C(Cl)=NC1=NC=N2. The van der Waals surface area contributed by atoms with Gasteiger partial charge in [-0.15, -0.1) is 0 Å². The van der Waals surface area contributed by atoms with Crippen LogP contribution in [0.5, 0.6) is 0 Å². The predicted octanol–water partition coefficient (Wildman–Crippen LogP) is 4.18. The highest BCUT2D eigenvalue weighted by molar-refractivity contribution is 6.77. The van der Waals surface area contributed by atoms with Gasteiger partial charge in [-0.3, -0.25) is 0 Å². The molecule has 3 rings (SSSR count). The zero-order valence-corrected chi connectivity index (χ0v) is 13.1. The van der Waals surface area contributed by atoms with E-state index < -0.39 is 56.5 Å². The van der Waals surface area contributed by atoms with Crippen molar-refractivity contribution in [1.82, 2.24) is 0 Å². The van der Waals surface area contributed by atoms with Crippen LogP contribution in [0.15, 0.2) is 33.4 Å². The van der Waals surface area contributed by atoms with Gasteiger partial charge in [0.1, 0.15) is 23.7 Å². The lowest BCUT2D eigenvalue weighted by atomic mass is 10.0. The maximum absolute atomic E-state index is 14.0. The Labute approximate surface area is 142 Å². The number of guanidine groups is 1. The number of benzene rings is 1. The molecule has 2 atom stereocenters. The third kappa shape index (κ3) is 2.74. The number of hydrogen-bond acceptors (Lipinski definition) is 3. The molecule has 11 heteroatoms. The zero-order valence-electron chi connectivity index (χ0n) is 12.3. The summed E-state index contributed by atoms with van der Waals surface area (Å²) in [5, 5.41) is 3.18. The van der Waals surface area contributed by atoms with E-state index in [-0.39, 0.29) is 0 Å². The van der Waals surface area contributed by atoms with E-state index in [4.69, 9.17) is 11.6 Å². The van der Waals surface area contributed by atoms with Crippen LogP contribution in [-0.2, 0) is 0 Å². The molecule has 1 aromatic carbocycles. The molecule has 0 N–H and O–H groups in total. The molecule has 0 bridgehead atoms. The summed E-state index contributed by atoms with van der Waals surface area (Å²) in [5.41, 5.74) is -1.28. The highest BCUT2D eigenvalue weighted by atomic mass is 35.5. The van der Waals surface area contributed by atoms with E-state index in [0.717, 1.165) is 19.5 Å². The highest BCUT2D eigenvalue weighted by Gasteiger charge is 2.58. The van der Waals surface area contributed by atoms with E-state index in [0.29, 0.717) is 12.1 Å². The van der Waals surface area contributed by atoms with Crippen LogP contribution in [-0.4, -0.2) is 34.3 Å². The molecule has 1 aromatic rings. The minimum absolute atomic E-state index is 0.387. The first kappa shape index (κ1) is 17.6. The van der Waals surface area contributed by atoms with Crippen molar-refractivity contribution in [3.63, 3.8) is 0 Å². The second-order valence-corrected chi connectivity index (χ2v) is 5.66. The molecule has 0 aliphatic carbocycles. The lowest BCUT2D eigenvalue weighted by Crippen LogP contribution is -2.55. The minimum atomic E-state index is -4.72. The summed E-state index contributed by atoms with van der Waals surface area (Å²) in [6.07, 6.45) is -3.07. The number of allylic oxidation sites excluding steroid dienone is 1. The predicted molar refractivity (Wildman–Crippen MR) is 79.3 cm³/mol. The third-order valence-electron chi connectivity index (χ3n) is 3.82. The summed E-state index contributed by atoms with van der Waals surface area (Å²) in [6, 6.07) is -1.38. The molecule has 0 spiro atoms. The van der Waals surface area contributed by atoms with Crippen LogP contribution in [0.3, 0.4) is 0 Å². The third-order valence-corrected chi connectivity index (χ3v) is 4.11. The maximum atomic E-state index is 14.0. The standard InChI is InChI=1S/C14H8ClF6N4/c1-6(14(19,20)21)25-4-8(12(15)24-13(25)22-5-23-25)11-9(17)2-7(16)3-10(11)18/h2-6H,1H3/q+1. The number of aliphatic imine (C=N–C) groups is 2. The average Bonchev–Trinajstić information content (AvgIpc) is 2.88. The van der Waals surface area contributed by atoms with Crippen LogP contribution < -0.4 is 0 Å². The fraction of sp³-hybridized carbons (Fsp3) is 0.214. The van der Waals surface area contributed by atoms with Crippen molar-refractivity contribution >= 4 is 34.6 Å². The van der Waals surface area contributed by atoms with Crippen molar-refractivity contribution in [1.29, 1.82) is 0 Å². The van der Waals surface area contributed by atoms with Crippen molar-refractivity contribution < 1.29 is 30.9 Å². The fourth-order valence-corrected chi connectivity index (χ4v) is 2.70. The van der Waals surface area contributed by atoms with Crippen LogP contribution in [0, 0.1) is 17.5 Å². The molecule has 0 aromatic heterocycles. The molecule has 0 saturated carbocycles. The summed E-state index contributed by atoms with van der Waals surface area (Å²) in [5.74, 6) is -4.25. The number of nitrogens with zero attached hydrogens (tertiary/aromatic N) is 4. The van der Waals surface area contributed by atoms with E-state index in [1.807, 2.05) is 0 Å². The molecular formula is C14H8ClF6N4+. The van der Waals surface area contributed by atoms with E-state index in [1.54, 1.807) is 0 Å². The van der Waals surface area contributed by atoms with Crippen molar-refractivity contribution in [2.24, 2.45) is 15.1 Å². The molecule has 0 saturated heterocycles. The Morgan fingerprint density at radius 3 is 2.28 bits per heavy atom. The fourth-order valence-electron chi connectivity index (χ4n) is 2.48. The number of fused-ring (bicyclic) bond motifs is 1. The molecule has 4 nitrogen and oxygen atoms in total. The van der Waals surface area contributed by atoms with Gasteiger partial charge in [-0.2, -0.15) is 23.2 Å². The number of halogens is 7. The number of rotatable bonds is 2. The summed E-state index contributed by atoms with van der Waals surface area (Å²) < 4.78 is 79.6. The van der Waals surface area contributed by atoms with E-state index >= 15 is 0 Å². The Hall–Kier alpha value is -2.20. The first-order valence-corrected chi connectivity index (χ1v) is 7.14. The Balaban J connectivity index is 2.23. The van der Waals surface area contributed by atoms with Gasteiger partial charge in [-0.1, -0.05) is 21.3 Å². The zero-order chi connectivity index (χ0) is 18.6. The van der Waals surface area contributed by atoms with Gasteiger partial charge in [0.15, 0.2) is 11.5 Å². The number of quaternary nitrogens is 1. The molecule has 0 radical (unpaired) electrons. The summed E-state index contributed by atoms with van der Waals surface area (Å²) in [6.45, 7) is 0.818. The van der Waals surface area contributed by atoms with Gasteiger partial charge in [0.25, 0.3) is 0 Å². The van der Waals surface area contributed by atoms with Crippen molar-refractivity contribution in [3.8, 4) is 0 Å². The molecule has 2 aliphatic heterocycles. The number of hydrogen-bond donors (Lipinski definition) is 0. The summed E-state index contributed by atoms with van der Waals surface area (Å²) in [4.78, 5) is 7.33. The minimum Gasteiger partial charge on any atom is -0.207 e. The lowest BCUT2D eigenvalue weighted by Gasteiger charge is -2.33. The summed E-state index contributed by atoms with van der Waals surface area (Å²) >= 11 is 5.88. The van der Waals surface area contributed by atoms with Crippen LogP contribution >= 0.6 is 11.6 Å². The number of alkyl halides is 3. The van der Waals surface area contributed by atoms with E-state index in [1.165, 1.54) is 0 Å². The Bertz CT molecular complexity index is 850. The van der Waals surface area contributed by atoms with Crippen LogP contribution in [0.1, 0.15) is 12.5 Å². The average molecular weight is 382 g/mol. The molecule has 25 heavy (non-hydrogen) atoms. The van der Waals surface area contributed by atoms with Gasteiger partial charge < -0.3 is 0 Å². The first-order valence-electron chi connectivity index (χ1n) is 6.76. The highest BCUT2D eigenvalue weighted by Crippen LogP contribution is 2.39. The van der Waals surface area contributed by atoms with Crippen molar-refractivity contribution in [3.05, 3.63) is 41.3 Å². The van der Waals surface area contributed by atoms with E-state index in [2.05, 4.69) is 15.1 Å². The Morgan fingerprint density at radius 2 is 1.72 bits per heavy atom. The van der Waals surface area contributed by atoms with Crippen LogP contribution in [0.25, 0.3) is 5.57 Å². The quantitative estimate of drug-likeness (QED) is 0.544. The van der Waals surface area contributed by atoms with Crippen LogP contribution in [0.2, 0.25) is 0 Å². The Morgan fingerprint density at radius 1 is 1.12 bits per heavy atom. The second-order valence-electron chi connectivity index (χ2n) is 5.31. The molecule has 2 unspecified atom stereocenters. The van der Waals surface area contributed by atoms with Gasteiger partial charge in [-0.25, -0.2) is 13.2 Å². The molecule has 132 valence electrons. The molecular weight excluding hydrogens is 374 g/mol. The van der Waals surface area contributed by atoms with Gasteiger partial charge in [0.2, 0.25) is 6.04 Å². The van der Waals surface area contributed by atoms with Crippen LogP contribution in [0.4, 0.5) is 26.3 Å². The van der Waals surface area contributed by atoms with Crippen molar-refractivity contribution in [2.45, 2.75) is 19.1 Å². The van der Waals surface area contributed by atoms with Gasteiger partial charge in [0, 0.05) is 19.1 Å². The molecule has 2 heterocycles. The Kier molecular flexibility index (Phi) is 3.99. The molecule has 2 aliphatic rings. The first-order chi connectivity index (χ1) is 11.6. The molecule has 0 amide bonds. The lowest BCUT2D eigenvalue weighted by molar-refractivity contribution is -0.834. The van der Waals surface area contributed by atoms with Gasteiger partial charge in [-0.05, 0) is 0 Å².